The molecule has 2 atom stereocenters. The maximum absolute atomic E-state index is 12.3. The van der Waals surface area contributed by atoms with Crippen LogP contribution in [0.2, 0.25) is 0 Å². The van der Waals surface area contributed by atoms with E-state index in [1.807, 2.05) is 30.3 Å². The Labute approximate surface area is 154 Å². The first-order valence-corrected chi connectivity index (χ1v) is 8.57. The molecule has 136 valence electrons. The van der Waals surface area contributed by atoms with Crippen LogP contribution in [0.5, 0.6) is 0 Å². The normalized spacial score (nSPS) is 18.2. The van der Waals surface area contributed by atoms with Gasteiger partial charge in [0.25, 0.3) is 0 Å². The van der Waals surface area contributed by atoms with Crippen LogP contribution in [0.15, 0.2) is 30.3 Å². The third-order valence-electron chi connectivity index (χ3n) is 4.44. The van der Waals surface area contributed by atoms with Gasteiger partial charge in [-0.2, -0.15) is 4.80 Å². The lowest BCUT2D eigenvalue weighted by molar-refractivity contribution is -0.124. The van der Waals surface area contributed by atoms with E-state index >= 15 is 0 Å². The van der Waals surface area contributed by atoms with Gasteiger partial charge in [-0.25, -0.2) is 0 Å². The van der Waals surface area contributed by atoms with Gasteiger partial charge >= 0.3 is 0 Å². The van der Waals surface area contributed by atoms with Crippen LogP contribution in [0.25, 0.3) is 11.4 Å². The van der Waals surface area contributed by atoms with Crippen molar-refractivity contribution in [2.24, 2.45) is 5.92 Å². The molecule has 2 aromatic rings. The number of carbonyl (C=O) groups excluding carboxylic acids is 1. The number of nitrogens with one attached hydrogen (secondary N) is 2. The highest BCUT2D eigenvalue weighted by atomic mass is 35.5. The number of hydrogen-bond acceptors (Lipinski definition) is 5. The Bertz CT molecular complexity index is 656. The number of amides is 1. The van der Waals surface area contributed by atoms with Crippen molar-refractivity contribution in [3.8, 4) is 11.4 Å². The summed E-state index contributed by atoms with van der Waals surface area (Å²) in [6.07, 6.45) is 3.47. The van der Waals surface area contributed by atoms with Crippen molar-refractivity contribution in [1.29, 1.82) is 0 Å². The summed E-state index contributed by atoms with van der Waals surface area (Å²) in [5.74, 6) is 1.11. The van der Waals surface area contributed by atoms with Gasteiger partial charge in [0.05, 0.1) is 0 Å². The van der Waals surface area contributed by atoms with Gasteiger partial charge in [0.1, 0.15) is 6.04 Å². The smallest absolute Gasteiger partial charge is 0.246 e. The van der Waals surface area contributed by atoms with Gasteiger partial charge in [0, 0.05) is 12.1 Å². The first-order valence-electron chi connectivity index (χ1n) is 8.57. The molecule has 25 heavy (non-hydrogen) atoms. The van der Waals surface area contributed by atoms with Crippen molar-refractivity contribution in [2.45, 2.75) is 32.2 Å². The molecule has 1 aromatic heterocycles. The van der Waals surface area contributed by atoms with Crippen molar-refractivity contribution < 1.29 is 4.79 Å². The van der Waals surface area contributed by atoms with Gasteiger partial charge in [-0.15, -0.1) is 22.6 Å². The molecule has 1 aromatic carbocycles. The molecule has 7 nitrogen and oxygen atoms in total. The number of nitrogens with zero attached hydrogens (tertiary/aromatic N) is 4. The van der Waals surface area contributed by atoms with Gasteiger partial charge in [0.2, 0.25) is 11.7 Å². The van der Waals surface area contributed by atoms with E-state index < -0.39 is 6.04 Å². The standard InChI is InChI=1S/C17H24N6O.ClH/c1-13(17(24)19-11-9-14-6-5-10-18-12-14)23-21-16(20-22-23)15-7-3-2-4-8-15;/h2-4,7-8,13-14,18H,5-6,9-12H2,1H3,(H,19,24);1H. The van der Waals surface area contributed by atoms with Gasteiger partial charge in [-0.1, -0.05) is 30.3 Å². The number of rotatable bonds is 6. The molecule has 1 aliphatic heterocycles. The van der Waals surface area contributed by atoms with Gasteiger partial charge in [0.15, 0.2) is 0 Å². The second-order valence-corrected chi connectivity index (χ2v) is 6.27. The van der Waals surface area contributed by atoms with Crippen LogP contribution in [0.1, 0.15) is 32.2 Å². The molecule has 0 saturated carbocycles. The van der Waals surface area contributed by atoms with Crippen molar-refractivity contribution >= 4 is 18.3 Å². The SMILES string of the molecule is CC(C(=O)NCCC1CCCNC1)n1nnc(-c2ccccc2)n1.Cl. The average Bonchev–Trinajstić information content (AvgIpc) is 3.13. The van der Waals surface area contributed by atoms with Gasteiger partial charge < -0.3 is 10.6 Å². The maximum atomic E-state index is 12.3. The molecule has 2 heterocycles. The lowest BCUT2D eigenvalue weighted by Gasteiger charge is -2.22. The zero-order valence-corrected chi connectivity index (χ0v) is 15.2. The Balaban J connectivity index is 0.00000225. The summed E-state index contributed by atoms with van der Waals surface area (Å²) in [7, 11) is 0. The van der Waals surface area contributed by atoms with Crippen LogP contribution in [0.4, 0.5) is 0 Å². The first-order chi connectivity index (χ1) is 11.7. The molecule has 3 rings (SSSR count). The predicted octanol–water partition coefficient (Wildman–Crippen LogP) is 1.83. The van der Waals surface area contributed by atoms with E-state index in [1.54, 1.807) is 6.92 Å². The summed E-state index contributed by atoms with van der Waals surface area (Å²) in [6, 6.07) is 9.15. The molecular formula is C17H25ClN6O. The molecule has 0 bridgehead atoms. The number of carbonyl (C=O) groups is 1. The van der Waals surface area contributed by atoms with Crippen LogP contribution < -0.4 is 10.6 Å². The molecule has 0 spiro atoms. The maximum Gasteiger partial charge on any atom is 0.246 e. The lowest BCUT2D eigenvalue weighted by Crippen LogP contribution is -2.36. The van der Waals surface area contributed by atoms with Crippen molar-refractivity contribution in [2.75, 3.05) is 19.6 Å². The summed E-state index contributed by atoms with van der Waals surface area (Å²) in [5, 5.41) is 18.8. The van der Waals surface area contributed by atoms with Crippen LogP contribution in [-0.4, -0.2) is 45.7 Å². The highest BCUT2D eigenvalue weighted by Gasteiger charge is 2.19. The fourth-order valence-corrected chi connectivity index (χ4v) is 2.91. The van der Waals surface area contributed by atoms with E-state index in [0.29, 0.717) is 18.3 Å². The molecule has 2 unspecified atom stereocenters. The summed E-state index contributed by atoms with van der Waals surface area (Å²) in [6.45, 7) is 4.64. The minimum atomic E-state index is -0.473. The summed E-state index contributed by atoms with van der Waals surface area (Å²) in [4.78, 5) is 13.7. The fourth-order valence-electron chi connectivity index (χ4n) is 2.91. The van der Waals surface area contributed by atoms with Gasteiger partial charge in [-0.05, 0) is 50.4 Å². The molecule has 1 amide bonds. The van der Waals surface area contributed by atoms with E-state index in [-0.39, 0.29) is 18.3 Å². The number of hydrogen-bond donors (Lipinski definition) is 2. The summed E-state index contributed by atoms with van der Waals surface area (Å²) in [5.41, 5.74) is 0.890. The minimum Gasteiger partial charge on any atom is -0.354 e. The Hall–Kier alpha value is -1.99. The third kappa shape index (κ3) is 5.24. The molecule has 1 saturated heterocycles. The third-order valence-corrected chi connectivity index (χ3v) is 4.44. The van der Waals surface area contributed by atoms with Crippen LogP contribution in [0.3, 0.4) is 0 Å². The highest BCUT2D eigenvalue weighted by Crippen LogP contribution is 2.14. The topological polar surface area (TPSA) is 84.7 Å². The molecule has 0 radical (unpaired) electrons. The Morgan fingerprint density at radius 1 is 1.40 bits per heavy atom. The summed E-state index contributed by atoms with van der Waals surface area (Å²) < 4.78 is 0. The first kappa shape index (κ1) is 19.3. The Kier molecular flexibility index (Phi) is 7.33. The molecule has 1 aliphatic rings. The number of piperidine rings is 1. The van der Waals surface area contributed by atoms with E-state index in [2.05, 4.69) is 26.0 Å². The second-order valence-electron chi connectivity index (χ2n) is 6.27. The molecule has 8 heteroatoms. The quantitative estimate of drug-likeness (QED) is 0.816. The van der Waals surface area contributed by atoms with Crippen LogP contribution in [-0.2, 0) is 4.79 Å². The minimum absolute atomic E-state index is 0. The fraction of sp³-hybridized carbons (Fsp3) is 0.529. The van der Waals surface area contributed by atoms with Crippen LogP contribution >= 0.6 is 12.4 Å². The zero-order chi connectivity index (χ0) is 16.8. The Morgan fingerprint density at radius 3 is 2.92 bits per heavy atom. The van der Waals surface area contributed by atoms with Crippen molar-refractivity contribution in [3.05, 3.63) is 30.3 Å². The molecule has 0 aliphatic carbocycles. The van der Waals surface area contributed by atoms with E-state index in [0.717, 1.165) is 25.1 Å². The van der Waals surface area contributed by atoms with Crippen molar-refractivity contribution in [3.63, 3.8) is 0 Å². The highest BCUT2D eigenvalue weighted by molar-refractivity contribution is 5.85. The Morgan fingerprint density at radius 2 is 2.20 bits per heavy atom. The largest absolute Gasteiger partial charge is 0.354 e. The molecule has 1 fully saturated rings. The molecule has 2 N–H and O–H groups in total. The van der Waals surface area contributed by atoms with E-state index in [4.69, 9.17) is 0 Å². The monoisotopic (exact) mass is 364 g/mol. The zero-order valence-electron chi connectivity index (χ0n) is 14.4. The van der Waals surface area contributed by atoms with Crippen molar-refractivity contribution in [1.82, 2.24) is 30.8 Å². The average molecular weight is 365 g/mol. The van der Waals surface area contributed by atoms with E-state index in [1.165, 1.54) is 17.6 Å². The van der Waals surface area contributed by atoms with E-state index in [9.17, 15) is 4.79 Å². The van der Waals surface area contributed by atoms with Crippen LogP contribution in [0, 0.1) is 5.92 Å². The lowest BCUT2D eigenvalue weighted by atomic mass is 9.96. The number of halogens is 1. The number of aromatic nitrogens is 4. The number of benzene rings is 1. The summed E-state index contributed by atoms with van der Waals surface area (Å²) >= 11 is 0. The van der Waals surface area contributed by atoms with Gasteiger partial charge in [-0.3, -0.25) is 4.79 Å². The second kappa shape index (κ2) is 9.48. The predicted molar refractivity (Wildman–Crippen MR) is 98.4 cm³/mol. The molecular weight excluding hydrogens is 340 g/mol. The number of tetrazole rings is 1.